The summed E-state index contributed by atoms with van der Waals surface area (Å²) in [4.78, 5) is 0. The second-order valence-electron chi connectivity index (χ2n) is 1.04. The molecule has 6 heavy (non-hydrogen) atoms. The zero-order valence-electron chi connectivity index (χ0n) is 3.39. The molecule has 3 N–H and O–H groups in total. The number of rotatable bonds is 2. The number of alkyl halides is 1. The fraction of sp³-hybridized carbons (Fsp3) is 1.00. The SMILES string of the molecule is NCC(O)C[18F]. The highest BCUT2D eigenvalue weighted by Gasteiger charge is 1.94. The summed E-state index contributed by atoms with van der Waals surface area (Å²) >= 11 is 0. The Bertz CT molecular complexity index is 30.0. The molecule has 0 bridgehead atoms. The molecule has 1 unspecified atom stereocenters. The lowest BCUT2D eigenvalue weighted by atomic mass is 10.4. The summed E-state index contributed by atoms with van der Waals surface area (Å²) in [7, 11) is 0. The van der Waals surface area contributed by atoms with Gasteiger partial charge < -0.3 is 10.8 Å². The molecule has 0 aromatic carbocycles. The van der Waals surface area contributed by atoms with Gasteiger partial charge in [-0.1, -0.05) is 0 Å². The van der Waals surface area contributed by atoms with Crippen LogP contribution >= 0.6 is 0 Å². The van der Waals surface area contributed by atoms with Crippen molar-refractivity contribution in [1.82, 2.24) is 0 Å². The third-order valence-corrected chi connectivity index (χ3v) is 0.450. The third kappa shape index (κ3) is 2.11. The Hall–Kier alpha value is -0.150. The van der Waals surface area contributed by atoms with Gasteiger partial charge in [-0.25, -0.2) is 4.39 Å². The Morgan fingerprint density at radius 3 is 2.33 bits per heavy atom. The molecule has 0 fully saturated rings. The van der Waals surface area contributed by atoms with Gasteiger partial charge in [-0.2, -0.15) is 0 Å². The number of aliphatic hydroxyl groups is 1. The predicted molar refractivity (Wildman–Crippen MR) is 21.0 cm³/mol. The van der Waals surface area contributed by atoms with Crippen molar-refractivity contribution in [2.45, 2.75) is 6.10 Å². The van der Waals surface area contributed by atoms with E-state index in [2.05, 4.69) is 0 Å². The summed E-state index contributed by atoms with van der Waals surface area (Å²) < 4.78 is 11.1. The van der Waals surface area contributed by atoms with Crippen LogP contribution in [0.4, 0.5) is 4.39 Å². The quantitative estimate of drug-likeness (QED) is 0.472. The molecule has 0 aliphatic rings. The van der Waals surface area contributed by atoms with Crippen LogP contribution in [0, 0.1) is 0 Å². The van der Waals surface area contributed by atoms with E-state index in [0.29, 0.717) is 0 Å². The number of halogens is 1. The molecule has 2 nitrogen and oxygen atoms in total. The first-order valence-corrected chi connectivity index (χ1v) is 1.75. The van der Waals surface area contributed by atoms with Gasteiger partial charge in [0.05, 0.1) is 6.10 Å². The number of hydrogen-bond donors (Lipinski definition) is 2. The molecule has 0 amide bonds. The Morgan fingerprint density at radius 2 is 2.33 bits per heavy atom. The standard InChI is InChI=1S/C3H8FNO/c4-1-3(6)2-5/h3,6H,1-2,5H2/i4-1. The first-order valence-electron chi connectivity index (χ1n) is 1.75. The molecule has 0 aliphatic carbocycles. The van der Waals surface area contributed by atoms with Gasteiger partial charge in [-0.05, 0) is 0 Å². The Labute approximate surface area is 35.8 Å². The molecule has 3 heteroatoms. The molecular formula is C3H8FNO. The topological polar surface area (TPSA) is 46.2 Å². The van der Waals surface area contributed by atoms with Crippen molar-refractivity contribution in [1.29, 1.82) is 0 Å². The Morgan fingerprint density at radius 1 is 1.83 bits per heavy atom. The van der Waals surface area contributed by atoms with Crippen LogP contribution in [0.15, 0.2) is 0 Å². The first kappa shape index (κ1) is 5.85. The van der Waals surface area contributed by atoms with E-state index in [1.807, 2.05) is 0 Å². The lowest BCUT2D eigenvalue weighted by molar-refractivity contribution is 0.147. The molecule has 38 valence electrons. The fourth-order valence-electron chi connectivity index (χ4n) is 0.0630. The van der Waals surface area contributed by atoms with Crippen molar-refractivity contribution in [3.63, 3.8) is 0 Å². The fourth-order valence-corrected chi connectivity index (χ4v) is 0.0630. The van der Waals surface area contributed by atoms with Crippen molar-refractivity contribution in [2.24, 2.45) is 5.73 Å². The van der Waals surface area contributed by atoms with E-state index in [9.17, 15) is 4.39 Å². The molecule has 1 atom stereocenters. The zero-order chi connectivity index (χ0) is 4.99. The van der Waals surface area contributed by atoms with E-state index in [4.69, 9.17) is 10.8 Å². The van der Waals surface area contributed by atoms with Gasteiger partial charge in [0, 0.05) is 6.54 Å². The van der Waals surface area contributed by atoms with Crippen LogP contribution < -0.4 is 5.73 Å². The van der Waals surface area contributed by atoms with Crippen LogP contribution in [0.1, 0.15) is 0 Å². The lowest BCUT2D eigenvalue weighted by Gasteiger charge is -1.95. The molecule has 0 saturated heterocycles. The molecule has 0 radical (unpaired) electrons. The first-order chi connectivity index (χ1) is 2.81. The van der Waals surface area contributed by atoms with Crippen molar-refractivity contribution < 1.29 is 9.50 Å². The summed E-state index contributed by atoms with van der Waals surface area (Å²) in [5.41, 5.74) is 4.79. The Kier molecular flexibility index (Phi) is 2.98. The van der Waals surface area contributed by atoms with E-state index in [0.717, 1.165) is 0 Å². The Balaban J connectivity index is 2.75. The van der Waals surface area contributed by atoms with Crippen molar-refractivity contribution in [3.05, 3.63) is 0 Å². The van der Waals surface area contributed by atoms with E-state index >= 15 is 0 Å². The second kappa shape index (κ2) is 3.06. The van der Waals surface area contributed by atoms with Crippen LogP contribution in [-0.2, 0) is 0 Å². The van der Waals surface area contributed by atoms with E-state index in [1.165, 1.54) is 0 Å². The largest absolute Gasteiger partial charge is 0.389 e. The predicted octanol–water partition coefficient (Wildman–Crippen LogP) is -0.725. The molecule has 0 spiro atoms. The third-order valence-electron chi connectivity index (χ3n) is 0.450. The van der Waals surface area contributed by atoms with Crippen LogP contribution in [-0.4, -0.2) is 24.4 Å². The molecule has 0 aromatic heterocycles. The van der Waals surface area contributed by atoms with Crippen LogP contribution in [0.5, 0.6) is 0 Å². The molecule has 0 aromatic rings. The van der Waals surface area contributed by atoms with Crippen LogP contribution in [0.25, 0.3) is 0 Å². The lowest BCUT2D eigenvalue weighted by Crippen LogP contribution is -2.20. The summed E-state index contributed by atoms with van der Waals surface area (Å²) in [5.74, 6) is 0. The molecule has 0 rings (SSSR count). The second-order valence-corrected chi connectivity index (χ2v) is 1.04. The van der Waals surface area contributed by atoms with Gasteiger partial charge in [0.25, 0.3) is 0 Å². The molecule has 0 saturated carbocycles. The summed E-state index contributed by atoms with van der Waals surface area (Å²) in [6, 6.07) is 0. The van der Waals surface area contributed by atoms with Gasteiger partial charge in [0.15, 0.2) is 0 Å². The number of hydrogen-bond acceptors (Lipinski definition) is 2. The van der Waals surface area contributed by atoms with Crippen molar-refractivity contribution in [3.8, 4) is 0 Å². The van der Waals surface area contributed by atoms with E-state index in [1.54, 1.807) is 0 Å². The van der Waals surface area contributed by atoms with Crippen molar-refractivity contribution in [2.75, 3.05) is 13.2 Å². The minimum Gasteiger partial charge on any atom is -0.389 e. The average Bonchev–Trinajstić information content (AvgIpc) is 1.65. The van der Waals surface area contributed by atoms with Gasteiger partial charge in [-0.3, -0.25) is 0 Å². The highest BCUT2D eigenvalue weighted by molar-refractivity contribution is 4.48. The highest BCUT2D eigenvalue weighted by atomic mass is 18.2. The summed E-state index contributed by atoms with van der Waals surface area (Å²) in [6.45, 7) is -0.729. The maximum Gasteiger partial charge on any atom is 0.117 e. The van der Waals surface area contributed by atoms with Crippen LogP contribution in [0.2, 0.25) is 0 Å². The summed E-state index contributed by atoms with van der Waals surface area (Å²) in [6.07, 6.45) is -0.954. The molecule has 0 heterocycles. The minimum absolute atomic E-state index is 0.0104. The van der Waals surface area contributed by atoms with Gasteiger partial charge >= 0.3 is 0 Å². The van der Waals surface area contributed by atoms with E-state index < -0.39 is 12.8 Å². The highest BCUT2D eigenvalue weighted by Crippen LogP contribution is 1.75. The monoisotopic (exact) mass is 92.1 g/mol. The maximum atomic E-state index is 11.1. The minimum atomic E-state index is -0.954. The smallest absolute Gasteiger partial charge is 0.117 e. The van der Waals surface area contributed by atoms with Gasteiger partial charge in [0.1, 0.15) is 6.67 Å². The van der Waals surface area contributed by atoms with Gasteiger partial charge in [-0.15, -0.1) is 0 Å². The normalized spacial score (nSPS) is 14.5. The zero-order valence-corrected chi connectivity index (χ0v) is 3.39. The number of aliphatic hydroxyl groups excluding tert-OH is 1. The molecular weight excluding hydrogens is 84.0 g/mol. The van der Waals surface area contributed by atoms with Crippen molar-refractivity contribution >= 4 is 0 Å². The summed E-state index contributed by atoms with van der Waals surface area (Å²) in [5, 5.41) is 8.17. The molecule has 0 aliphatic heterocycles. The van der Waals surface area contributed by atoms with Gasteiger partial charge in [0.2, 0.25) is 0 Å². The maximum absolute atomic E-state index is 11.1. The van der Waals surface area contributed by atoms with E-state index in [-0.39, 0.29) is 6.54 Å². The van der Waals surface area contributed by atoms with Crippen LogP contribution in [0.3, 0.4) is 0 Å². The average molecular weight is 92.1 g/mol. The number of nitrogens with two attached hydrogens (primary N) is 1.